The molecule has 1 aliphatic rings. The molecule has 0 aromatic carbocycles. The largest absolute Gasteiger partial charge is 0.302 e. The van der Waals surface area contributed by atoms with Crippen molar-refractivity contribution in [2.75, 3.05) is 98.2 Å². The molecule has 0 aliphatic carbocycles. The van der Waals surface area contributed by atoms with Gasteiger partial charge in [0, 0.05) is 65.4 Å². The van der Waals surface area contributed by atoms with Crippen LogP contribution in [0.2, 0.25) is 0 Å². The van der Waals surface area contributed by atoms with Gasteiger partial charge in [-0.3, -0.25) is 14.7 Å². The van der Waals surface area contributed by atoms with E-state index in [-0.39, 0.29) is 0 Å². The van der Waals surface area contributed by atoms with Crippen LogP contribution in [-0.4, -0.2) is 142 Å². The second-order valence-corrected chi connectivity index (χ2v) is 7.27. The molecule has 1 rings (SSSR count). The Morgan fingerprint density at radius 1 is 0.464 bits per heavy atom. The molecule has 0 saturated carbocycles. The predicted molar refractivity (Wildman–Crippen MR) is 112 cm³/mol. The number of nitrogens with zero attached hydrogens (tertiary/aromatic N) is 5. The lowest BCUT2D eigenvalue weighted by molar-refractivity contribution is -0.110. The summed E-state index contributed by atoms with van der Waals surface area (Å²) in [6.07, 6.45) is 2.85. The van der Waals surface area contributed by atoms with Crippen molar-refractivity contribution in [3.05, 3.63) is 0 Å². The summed E-state index contributed by atoms with van der Waals surface area (Å²) in [7, 11) is 0. The average molecular weight is 398 g/mol. The van der Waals surface area contributed by atoms with E-state index in [4.69, 9.17) is 0 Å². The minimum atomic E-state index is 0.381. The Kier molecular flexibility index (Phi) is 13.9. The van der Waals surface area contributed by atoms with Crippen molar-refractivity contribution < 1.29 is 14.4 Å². The van der Waals surface area contributed by atoms with Gasteiger partial charge in [-0.15, -0.1) is 0 Å². The predicted octanol–water partition coefficient (Wildman–Crippen LogP) is -0.853. The zero-order valence-electron chi connectivity index (χ0n) is 17.8. The molecule has 0 aromatic rings. The summed E-state index contributed by atoms with van der Waals surface area (Å²) in [6, 6.07) is 0. The van der Waals surface area contributed by atoms with Crippen LogP contribution in [0.4, 0.5) is 0 Å². The SMILES string of the molecule is CCN1CCN(CC)CCN(CC=O)CCN(CC=O)CCN(CC=O)CC1. The van der Waals surface area contributed by atoms with Gasteiger partial charge in [-0.05, 0) is 13.1 Å². The monoisotopic (exact) mass is 397 g/mol. The number of rotatable bonds is 8. The zero-order chi connectivity index (χ0) is 20.6. The van der Waals surface area contributed by atoms with Gasteiger partial charge >= 0.3 is 0 Å². The number of likely N-dealkylation sites (N-methyl/N-ethyl adjacent to an activating group) is 2. The second-order valence-electron chi connectivity index (χ2n) is 7.27. The summed E-state index contributed by atoms with van der Waals surface area (Å²) < 4.78 is 0. The molecule has 8 nitrogen and oxygen atoms in total. The maximum Gasteiger partial charge on any atom is 0.133 e. The molecule has 28 heavy (non-hydrogen) atoms. The molecule has 1 saturated heterocycles. The highest BCUT2D eigenvalue weighted by molar-refractivity contribution is 5.52. The third-order valence-electron chi connectivity index (χ3n) is 5.55. The first-order valence-electron chi connectivity index (χ1n) is 10.6. The molecule has 1 aliphatic heterocycles. The van der Waals surface area contributed by atoms with Crippen molar-refractivity contribution in [1.29, 1.82) is 0 Å². The van der Waals surface area contributed by atoms with E-state index in [1.165, 1.54) is 0 Å². The molecule has 1 fully saturated rings. The van der Waals surface area contributed by atoms with E-state index < -0.39 is 0 Å². The summed E-state index contributed by atoms with van der Waals surface area (Å²) in [5.41, 5.74) is 0. The summed E-state index contributed by atoms with van der Waals surface area (Å²) in [5, 5.41) is 0. The third kappa shape index (κ3) is 10.4. The lowest BCUT2D eigenvalue weighted by Gasteiger charge is -2.29. The van der Waals surface area contributed by atoms with Crippen LogP contribution in [0.3, 0.4) is 0 Å². The maximum absolute atomic E-state index is 11.1. The van der Waals surface area contributed by atoms with Crippen LogP contribution in [0, 0.1) is 0 Å². The van der Waals surface area contributed by atoms with Gasteiger partial charge in [-0.1, -0.05) is 13.8 Å². The molecular formula is C20H39N5O3. The fourth-order valence-corrected chi connectivity index (χ4v) is 3.47. The van der Waals surface area contributed by atoms with E-state index in [0.717, 1.165) is 97.4 Å². The van der Waals surface area contributed by atoms with Gasteiger partial charge in [0.25, 0.3) is 0 Å². The fraction of sp³-hybridized carbons (Fsp3) is 0.850. The first-order chi connectivity index (χ1) is 13.7. The van der Waals surface area contributed by atoms with Crippen molar-refractivity contribution in [3.63, 3.8) is 0 Å². The molecule has 0 N–H and O–H groups in total. The Labute approximate surface area is 170 Å². The fourth-order valence-electron chi connectivity index (χ4n) is 3.47. The quantitative estimate of drug-likeness (QED) is 0.491. The second kappa shape index (κ2) is 15.7. The van der Waals surface area contributed by atoms with Gasteiger partial charge in [0.15, 0.2) is 0 Å². The van der Waals surface area contributed by atoms with E-state index in [2.05, 4.69) is 38.3 Å². The van der Waals surface area contributed by atoms with Crippen LogP contribution in [0.25, 0.3) is 0 Å². The van der Waals surface area contributed by atoms with Crippen molar-refractivity contribution in [1.82, 2.24) is 24.5 Å². The Hall–Kier alpha value is -1.19. The number of aldehydes is 3. The first kappa shape index (κ1) is 24.8. The molecule has 0 aromatic heterocycles. The summed E-state index contributed by atoms with van der Waals surface area (Å²) >= 11 is 0. The van der Waals surface area contributed by atoms with Crippen LogP contribution < -0.4 is 0 Å². The van der Waals surface area contributed by atoms with Gasteiger partial charge in [0.2, 0.25) is 0 Å². The average Bonchev–Trinajstić information content (AvgIpc) is 2.71. The number of hydrogen-bond donors (Lipinski definition) is 0. The van der Waals surface area contributed by atoms with Crippen molar-refractivity contribution in [2.45, 2.75) is 13.8 Å². The Morgan fingerprint density at radius 2 is 0.679 bits per heavy atom. The van der Waals surface area contributed by atoms with Crippen LogP contribution in [0.5, 0.6) is 0 Å². The molecule has 0 unspecified atom stereocenters. The van der Waals surface area contributed by atoms with Gasteiger partial charge in [-0.2, -0.15) is 0 Å². The smallest absolute Gasteiger partial charge is 0.133 e. The molecule has 0 radical (unpaired) electrons. The van der Waals surface area contributed by atoms with Crippen molar-refractivity contribution >= 4 is 18.9 Å². The minimum absolute atomic E-state index is 0.381. The highest BCUT2D eigenvalue weighted by Gasteiger charge is 2.15. The normalized spacial score (nSPS) is 21.6. The van der Waals surface area contributed by atoms with Crippen LogP contribution in [0.15, 0.2) is 0 Å². The summed E-state index contributed by atoms with van der Waals surface area (Å²) in [6.45, 7) is 16.1. The Morgan fingerprint density at radius 3 is 0.857 bits per heavy atom. The molecule has 0 amide bonds. The topological polar surface area (TPSA) is 67.4 Å². The van der Waals surface area contributed by atoms with E-state index in [0.29, 0.717) is 19.6 Å². The van der Waals surface area contributed by atoms with Crippen molar-refractivity contribution in [3.8, 4) is 0 Å². The van der Waals surface area contributed by atoms with Crippen LogP contribution >= 0.6 is 0 Å². The first-order valence-corrected chi connectivity index (χ1v) is 10.6. The van der Waals surface area contributed by atoms with Gasteiger partial charge in [-0.25, -0.2) is 0 Å². The van der Waals surface area contributed by atoms with Crippen molar-refractivity contribution in [2.24, 2.45) is 0 Å². The Bertz CT molecular complexity index is 404. The number of carbonyl (C=O) groups is 3. The van der Waals surface area contributed by atoms with Gasteiger partial charge in [0.05, 0.1) is 19.6 Å². The van der Waals surface area contributed by atoms with E-state index in [9.17, 15) is 14.4 Å². The number of hydrogen-bond acceptors (Lipinski definition) is 8. The lowest BCUT2D eigenvalue weighted by Crippen LogP contribution is -2.43. The summed E-state index contributed by atoms with van der Waals surface area (Å²) in [5.74, 6) is 0. The van der Waals surface area contributed by atoms with E-state index in [1.54, 1.807) is 0 Å². The molecule has 8 heteroatoms. The molecule has 1 heterocycles. The van der Waals surface area contributed by atoms with E-state index in [1.807, 2.05) is 0 Å². The van der Waals surface area contributed by atoms with E-state index >= 15 is 0 Å². The maximum atomic E-state index is 11.1. The lowest BCUT2D eigenvalue weighted by atomic mass is 10.3. The van der Waals surface area contributed by atoms with Gasteiger partial charge < -0.3 is 24.2 Å². The Balaban J connectivity index is 2.85. The molecule has 0 bridgehead atoms. The molecule has 0 spiro atoms. The third-order valence-corrected chi connectivity index (χ3v) is 5.55. The van der Waals surface area contributed by atoms with Crippen LogP contribution in [0.1, 0.15) is 13.8 Å². The standard InChI is InChI=1S/C20H39N5O3/c1-3-21-5-6-22(4-2)8-10-24(16-19-27)12-14-25(17-20-28)13-11-23(9-7-21)15-18-26/h18-20H,3-17H2,1-2H3. The highest BCUT2D eigenvalue weighted by atomic mass is 16.1. The highest BCUT2D eigenvalue weighted by Crippen LogP contribution is 2.00. The molecule has 162 valence electrons. The van der Waals surface area contributed by atoms with Crippen LogP contribution in [-0.2, 0) is 14.4 Å². The molecule has 0 atom stereocenters. The zero-order valence-corrected chi connectivity index (χ0v) is 17.8. The number of carbonyl (C=O) groups excluding carboxylic acids is 3. The minimum Gasteiger partial charge on any atom is -0.302 e. The molecular weight excluding hydrogens is 358 g/mol. The van der Waals surface area contributed by atoms with Gasteiger partial charge in [0.1, 0.15) is 18.9 Å². The summed E-state index contributed by atoms with van der Waals surface area (Å²) in [4.78, 5) is 44.5.